The number of alkyl halides is 1. The summed E-state index contributed by atoms with van der Waals surface area (Å²) in [6, 6.07) is 0. The fourth-order valence-electron chi connectivity index (χ4n) is 0.809. The second-order valence-corrected chi connectivity index (χ2v) is 4.34. The van der Waals surface area contributed by atoms with Crippen LogP contribution in [0.3, 0.4) is 0 Å². The van der Waals surface area contributed by atoms with Gasteiger partial charge in [0.25, 0.3) is 0 Å². The molecule has 0 heterocycles. The van der Waals surface area contributed by atoms with Crippen molar-refractivity contribution in [3.05, 3.63) is 0 Å². The van der Waals surface area contributed by atoms with Crippen LogP contribution in [0, 0.1) is 5.41 Å². The molecule has 0 aromatic rings. The fraction of sp³-hybridized carbons (Fsp3) is 1.00. The van der Waals surface area contributed by atoms with Crippen LogP contribution < -0.4 is 5.73 Å². The summed E-state index contributed by atoms with van der Waals surface area (Å²) in [4.78, 5) is 0. The van der Waals surface area contributed by atoms with E-state index in [-0.39, 0.29) is 5.41 Å². The molecule has 0 rings (SSSR count). The molecule has 1 unspecified atom stereocenters. The van der Waals surface area contributed by atoms with E-state index in [4.69, 9.17) is 5.73 Å². The van der Waals surface area contributed by atoms with Gasteiger partial charge in [-0.3, -0.25) is 0 Å². The van der Waals surface area contributed by atoms with Crippen LogP contribution in [0.5, 0.6) is 0 Å². The number of hydrogen-bond donors (Lipinski definition) is 1. The number of hydrogen-bond acceptors (Lipinski definition) is 1. The highest BCUT2D eigenvalue weighted by Crippen LogP contribution is 2.37. The summed E-state index contributed by atoms with van der Waals surface area (Å²) in [6.07, 6.45) is 1.33. The number of nitrogens with two attached hydrogens (primary N) is 1. The van der Waals surface area contributed by atoms with Gasteiger partial charge >= 0.3 is 0 Å². The van der Waals surface area contributed by atoms with Crippen LogP contribution in [0.1, 0.15) is 40.5 Å². The average molecular weight is 161 g/mol. The molecule has 0 bridgehead atoms. The first-order valence-corrected chi connectivity index (χ1v) is 4.20. The van der Waals surface area contributed by atoms with Crippen molar-refractivity contribution in [1.29, 1.82) is 0 Å². The van der Waals surface area contributed by atoms with Crippen molar-refractivity contribution >= 4 is 0 Å². The Morgan fingerprint density at radius 2 is 1.64 bits per heavy atom. The zero-order valence-electron chi connectivity index (χ0n) is 8.08. The summed E-state index contributed by atoms with van der Waals surface area (Å²) in [6.45, 7) is 7.99. The monoisotopic (exact) mass is 161 g/mol. The van der Waals surface area contributed by atoms with E-state index in [1.807, 2.05) is 20.8 Å². The summed E-state index contributed by atoms with van der Waals surface area (Å²) in [5.41, 5.74) is 3.95. The minimum absolute atomic E-state index is 0.276. The van der Waals surface area contributed by atoms with E-state index in [9.17, 15) is 4.39 Å². The summed E-state index contributed by atoms with van der Waals surface area (Å²) in [7, 11) is 0. The van der Waals surface area contributed by atoms with Gasteiger partial charge in [-0.2, -0.15) is 0 Å². The predicted octanol–water partition coefficient (Wildman–Crippen LogP) is 2.50. The maximum Gasteiger partial charge on any atom is 0.113 e. The molecule has 0 aliphatic rings. The SMILES string of the molecule is CC(C)(C)C(C)(F)CCCN. The van der Waals surface area contributed by atoms with Gasteiger partial charge in [0, 0.05) is 0 Å². The van der Waals surface area contributed by atoms with E-state index in [1.165, 1.54) is 0 Å². The van der Waals surface area contributed by atoms with E-state index in [1.54, 1.807) is 6.92 Å². The van der Waals surface area contributed by atoms with Crippen LogP contribution in [0.25, 0.3) is 0 Å². The van der Waals surface area contributed by atoms with Crippen molar-refractivity contribution in [1.82, 2.24) is 0 Å². The molecule has 2 heteroatoms. The topological polar surface area (TPSA) is 26.0 Å². The first-order chi connectivity index (χ1) is 4.81. The van der Waals surface area contributed by atoms with Crippen molar-refractivity contribution < 1.29 is 4.39 Å². The molecule has 0 spiro atoms. The van der Waals surface area contributed by atoms with E-state index in [0.29, 0.717) is 13.0 Å². The first-order valence-electron chi connectivity index (χ1n) is 4.20. The second kappa shape index (κ2) is 3.53. The molecule has 1 nitrogen and oxygen atoms in total. The third-order valence-corrected chi connectivity index (χ3v) is 2.41. The molecule has 0 aliphatic heterocycles. The lowest BCUT2D eigenvalue weighted by atomic mass is 9.77. The number of rotatable bonds is 3. The van der Waals surface area contributed by atoms with Crippen LogP contribution in [-0.4, -0.2) is 12.2 Å². The molecule has 0 amide bonds. The van der Waals surface area contributed by atoms with Gasteiger partial charge in [-0.05, 0) is 31.7 Å². The Hall–Kier alpha value is -0.110. The molecule has 1 atom stereocenters. The molecule has 0 fully saturated rings. The Morgan fingerprint density at radius 1 is 1.18 bits per heavy atom. The van der Waals surface area contributed by atoms with Crippen LogP contribution in [0.4, 0.5) is 4.39 Å². The zero-order valence-corrected chi connectivity index (χ0v) is 8.08. The quantitative estimate of drug-likeness (QED) is 0.676. The third kappa shape index (κ3) is 3.19. The first kappa shape index (κ1) is 10.9. The minimum atomic E-state index is -1.09. The van der Waals surface area contributed by atoms with Crippen LogP contribution >= 0.6 is 0 Å². The summed E-state index contributed by atoms with van der Waals surface area (Å²) >= 11 is 0. The van der Waals surface area contributed by atoms with Gasteiger partial charge in [-0.1, -0.05) is 20.8 Å². The maximum absolute atomic E-state index is 13.7. The molecule has 0 radical (unpaired) electrons. The molecular formula is C9H20FN. The maximum atomic E-state index is 13.7. The molecule has 0 aromatic carbocycles. The van der Waals surface area contributed by atoms with Crippen LogP contribution in [0.15, 0.2) is 0 Å². The van der Waals surface area contributed by atoms with Gasteiger partial charge < -0.3 is 5.73 Å². The zero-order chi connectivity index (χ0) is 9.12. The smallest absolute Gasteiger partial charge is 0.113 e. The third-order valence-electron chi connectivity index (χ3n) is 2.41. The Bertz CT molecular complexity index is 113. The fourth-order valence-corrected chi connectivity index (χ4v) is 0.809. The molecule has 0 saturated carbocycles. The van der Waals surface area contributed by atoms with Gasteiger partial charge in [0.1, 0.15) is 5.67 Å². The minimum Gasteiger partial charge on any atom is -0.330 e. The molecule has 0 aromatic heterocycles. The van der Waals surface area contributed by atoms with Gasteiger partial charge in [-0.25, -0.2) is 4.39 Å². The van der Waals surface area contributed by atoms with Crippen LogP contribution in [-0.2, 0) is 0 Å². The molecule has 2 N–H and O–H groups in total. The van der Waals surface area contributed by atoms with Crippen molar-refractivity contribution in [2.75, 3.05) is 6.54 Å². The predicted molar refractivity (Wildman–Crippen MR) is 47.3 cm³/mol. The Kier molecular flexibility index (Phi) is 3.49. The molecule has 0 aliphatic carbocycles. The highest BCUT2D eigenvalue weighted by atomic mass is 19.1. The number of halogens is 1. The van der Waals surface area contributed by atoms with Gasteiger partial charge in [0.2, 0.25) is 0 Å². The standard InChI is InChI=1S/C9H20FN/c1-8(2,3)9(4,10)6-5-7-11/h5-7,11H2,1-4H3. The van der Waals surface area contributed by atoms with E-state index >= 15 is 0 Å². The summed E-state index contributed by atoms with van der Waals surface area (Å²) in [5.74, 6) is 0. The summed E-state index contributed by atoms with van der Waals surface area (Å²) < 4.78 is 13.7. The molecule has 68 valence electrons. The van der Waals surface area contributed by atoms with Crippen molar-refractivity contribution in [2.45, 2.75) is 46.2 Å². The average Bonchev–Trinajstić information content (AvgIpc) is 1.81. The normalized spacial score (nSPS) is 18.0. The Labute approximate surface area is 69.2 Å². The van der Waals surface area contributed by atoms with Gasteiger partial charge in [0.05, 0.1) is 0 Å². The van der Waals surface area contributed by atoms with Crippen molar-refractivity contribution in [3.8, 4) is 0 Å². The van der Waals surface area contributed by atoms with Gasteiger partial charge in [0.15, 0.2) is 0 Å². The van der Waals surface area contributed by atoms with E-state index in [0.717, 1.165) is 6.42 Å². The van der Waals surface area contributed by atoms with Crippen molar-refractivity contribution in [2.24, 2.45) is 11.1 Å². The second-order valence-electron chi connectivity index (χ2n) is 4.34. The molecule has 11 heavy (non-hydrogen) atoms. The lowest BCUT2D eigenvalue weighted by Crippen LogP contribution is -2.35. The molecule has 0 saturated heterocycles. The highest BCUT2D eigenvalue weighted by Gasteiger charge is 2.36. The Balaban J connectivity index is 4.00. The van der Waals surface area contributed by atoms with E-state index in [2.05, 4.69) is 0 Å². The van der Waals surface area contributed by atoms with Crippen LogP contribution in [0.2, 0.25) is 0 Å². The molecular weight excluding hydrogens is 141 g/mol. The Morgan fingerprint density at radius 3 is 1.91 bits per heavy atom. The lowest BCUT2D eigenvalue weighted by molar-refractivity contribution is 0.0382. The highest BCUT2D eigenvalue weighted by molar-refractivity contribution is 4.86. The summed E-state index contributed by atoms with van der Waals surface area (Å²) in [5, 5.41) is 0. The van der Waals surface area contributed by atoms with Crippen molar-refractivity contribution in [3.63, 3.8) is 0 Å². The lowest BCUT2D eigenvalue weighted by Gasteiger charge is -2.34. The van der Waals surface area contributed by atoms with Gasteiger partial charge in [-0.15, -0.1) is 0 Å². The van der Waals surface area contributed by atoms with E-state index < -0.39 is 5.67 Å². The largest absolute Gasteiger partial charge is 0.330 e.